The molecule has 0 aliphatic heterocycles. The SMILES string of the molecule is CC(C)CN(C(C)C)S(=O)(=O)c1ccc(C#CCO)cc1. The molecular formula is C16H23NO3S. The molecule has 1 aromatic carbocycles. The van der Waals surface area contributed by atoms with Crippen molar-refractivity contribution in [3.05, 3.63) is 29.8 Å². The van der Waals surface area contributed by atoms with Gasteiger partial charge in [0.05, 0.1) is 4.90 Å². The maximum absolute atomic E-state index is 12.7. The number of rotatable bonds is 5. The summed E-state index contributed by atoms with van der Waals surface area (Å²) in [6, 6.07) is 6.34. The van der Waals surface area contributed by atoms with E-state index in [1.165, 1.54) is 4.31 Å². The zero-order valence-electron chi connectivity index (χ0n) is 13.0. The Morgan fingerprint density at radius 2 is 1.71 bits per heavy atom. The van der Waals surface area contributed by atoms with Crippen molar-refractivity contribution < 1.29 is 13.5 Å². The summed E-state index contributed by atoms with van der Waals surface area (Å²) in [5.74, 6) is 5.55. The first-order valence-corrected chi connectivity index (χ1v) is 8.44. The van der Waals surface area contributed by atoms with Crippen LogP contribution in [-0.2, 0) is 10.0 Å². The van der Waals surface area contributed by atoms with Gasteiger partial charge in [0.15, 0.2) is 0 Å². The quantitative estimate of drug-likeness (QED) is 0.847. The van der Waals surface area contributed by atoms with E-state index in [0.717, 1.165) is 0 Å². The fourth-order valence-corrected chi connectivity index (χ4v) is 3.73. The summed E-state index contributed by atoms with van der Waals surface area (Å²) in [7, 11) is -3.50. The first-order chi connectivity index (χ1) is 9.78. The van der Waals surface area contributed by atoms with Gasteiger partial charge in [0.25, 0.3) is 0 Å². The maximum Gasteiger partial charge on any atom is 0.243 e. The Bertz CT molecular complexity index is 607. The van der Waals surface area contributed by atoms with Crippen LogP contribution >= 0.6 is 0 Å². The average Bonchev–Trinajstić information content (AvgIpc) is 2.42. The van der Waals surface area contributed by atoms with Gasteiger partial charge in [-0.2, -0.15) is 4.31 Å². The van der Waals surface area contributed by atoms with Crippen LogP contribution in [0.1, 0.15) is 33.3 Å². The molecule has 4 nitrogen and oxygen atoms in total. The van der Waals surface area contributed by atoms with Crippen LogP contribution in [0.2, 0.25) is 0 Å². The predicted molar refractivity (Wildman–Crippen MR) is 84.3 cm³/mol. The van der Waals surface area contributed by atoms with Crippen molar-refractivity contribution >= 4 is 10.0 Å². The molecule has 5 heteroatoms. The molecule has 1 aromatic rings. The Balaban J connectivity index is 3.10. The molecule has 1 rings (SSSR count). The Kier molecular flexibility index (Phi) is 6.41. The highest BCUT2D eigenvalue weighted by Crippen LogP contribution is 2.20. The summed E-state index contributed by atoms with van der Waals surface area (Å²) in [4.78, 5) is 0.270. The number of benzene rings is 1. The largest absolute Gasteiger partial charge is 0.384 e. The molecule has 0 unspecified atom stereocenters. The monoisotopic (exact) mass is 309 g/mol. The van der Waals surface area contributed by atoms with Crippen LogP contribution < -0.4 is 0 Å². The van der Waals surface area contributed by atoms with Crippen molar-refractivity contribution in [2.75, 3.05) is 13.2 Å². The molecular weight excluding hydrogens is 286 g/mol. The number of sulfonamides is 1. The first kappa shape index (κ1) is 17.7. The fraction of sp³-hybridized carbons (Fsp3) is 0.500. The predicted octanol–water partition coefficient (Wildman–Crippen LogP) is 2.09. The molecule has 0 saturated heterocycles. The van der Waals surface area contributed by atoms with Crippen LogP contribution in [0.4, 0.5) is 0 Å². The average molecular weight is 309 g/mol. The van der Waals surface area contributed by atoms with Gasteiger partial charge in [-0.05, 0) is 44.0 Å². The van der Waals surface area contributed by atoms with E-state index < -0.39 is 10.0 Å². The van der Waals surface area contributed by atoms with Gasteiger partial charge >= 0.3 is 0 Å². The minimum absolute atomic E-state index is 0.0914. The van der Waals surface area contributed by atoms with Crippen molar-refractivity contribution in [2.24, 2.45) is 5.92 Å². The molecule has 0 aliphatic rings. The molecule has 116 valence electrons. The van der Waals surface area contributed by atoms with Crippen molar-refractivity contribution in [1.82, 2.24) is 4.31 Å². The van der Waals surface area contributed by atoms with Crippen molar-refractivity contribution in [3.8, 4) is 11.8 Å². The third-order valence-electron chi connectivity index (χ3n) is 2.89. The lowest BCUT2D eigenvalue weighted by Crippen LogP contribution is -2.39. The number of aliphatic hydroxyl groups is 1. The maximum atomic E-state index is 12.7. The van der Waals surface area contributed by atoms with E-state index in [1.807, 2.05) is 27.7 Å². The molecule has 0 radical (unpaired) electrons. The van der Waals surface area contributed by atoms with Crippen molar-refractivity contribution in [2.45, 2.75) is 38.6 Å². The van der Waals surface area contributed by atoms with Gasteiger partial charge in [0.1, 0.15) is 6.61 Å². The smallest absolute Gasteiger partial charge is 0.243 e. The highest BCUT2D eigenvalue weighted by molar-refractivity contribution is 7.89. The van der Waals surface area contributed by atoms with E-state index in [1.54, 1.807) is 24.3 Å². The number of aliphatic hydroxyl groups excluding tert-OH is 1. The summed E-state index contributed by atoms with van der Waals surface area (Å²) in [6.07, 6.45) is 0. The molecule has 0 aromatic heterocycles. The van der Waals surface area contributed by atoms with Gasteiger partial charge in [0.2, 0.25) is 10.0 Å². The van der Waals surface area contributed by atoms with E-state index in [0.29, 0.717) is 12.1 Å². The normalized spacial score (nSPS) is 11.8. The van der Waals surface area contributed by atoms with Crippen LogP contribution in [0.3, 0.4) is 0 Å². The summed E-state index contributed by atoms with van der Waals surface area (Å²) >= 11 is 0. The van der Waals surface area contributed by atoms with Gasteiger partial charge in [-0.3, -0.25) is 0 Å². The highest BCUT2D eigenvalue weighted by atomic mass is 32.2. The van der Waals surface area contributed by atoms with E-state index in [-0.39, 0.29) is 23.5 Å². The Hall–Kier alpha value is -1.35. The van der Waals surface area contributed by atoms with Gasteiger partial charge < -0.3 is 5.11 Å². The summed E-state index contributed by atoms with van der Waals surface area (Å²) in [5.41, 5.74) is 0.683. The Morgan fingerprint density at radius 3 is 2.14 bits per heavy atom. The summed E-state index contributed by atoms with van der Waals surface area (Å²) < 4.78 is 26.9. The van der Waals surface area contributed by atoms with E-state index in [4.69, 9.17) is 5.11 Å². The lowest BCUT2D eigenvalue weighted by molar-refractivity contribution is 0.319. The van der Waals surface area contributed by atoms with Gasteiger partial charge in [-0.15, -0.1) is 0 Å². The van der Waals surface area contributed by atoms with Crippen LogP contribution in [0.5, 0.6) is 0 Å². The van der Waals surface area contributed by atoms with E-state index in [2.05, 4.69) is 11.8 Å². The van der Waals surface area contributed by atoms with Crippen LogP contribution in [0.25, 0.3) is 0 Å². The molecule has 0 spiro atoms. The molecule has 21 heavy (non-hydrogen) atoms. The van der Waals surface area contributed by atoms with Crippen molar-refractivity contribution in [3.63, 3.8) is 0 Å². The van der Waals surface area contributed by atoms with E-state index in [9.17, 15) is 8.42 Å². The summed E-state index contributed by atoms with van der Waals surface area (Å²) in [5, 5.41) is 8.65. The molecule has 0 amide bonds. The highest BCUT2D eigenvalue weighted by Gasteiger charge is 2.27. The molecule has 0 heterocycles. The third kappa shape index (κ3) is 4.85. The lowest BCUT2D eigenvalue weighted by Gasteiger charge is -2.27. The molecule has 0 fully saturated rings. The van der Waals surface area contributed by atoms with Gasteiger partial charge in [-0.25, -0.2) is 8.42 Å². The second-order valence-corrected chi connectivity index (χ2v) is 7.44. The molecule has 0 bridgehead atoms. The molecule has 1 N–H and O–H groups in total. The van der Waals surface area contributed by atoms with Gasteiger partial charge in [0, 0.05) is 18.2 Å². The zero-order valence-corrected chi connectivity index (χ0v) is 13.8. The minimum Gasteiger partial charge on any atom is -0.384 e. The fourth-order valence-electron chi connectivity index (χ4n) is 1.93. The number of nitrogens with zero attached hydrogens (tertiary/aromatic N) is 1. The van der Waals surface area contributed by atoms with Crippen molar-refractivity contribution in [1.29, 1.82) is 0 Å². The Labute approximate surface area is 127 Å². The topological polar surface area (TPSA) is 57.6 Å². The molecule has 0 atom stereocenters. The standard InChI is InChI=1S/C16H23NO3S/c1-13(2)12-17(14(3)4)21(19,20)16-9-7-15(8-10-16)6-5-11-18/h7-10,13-14,18H,11-12H2,1-4H3. The second kappa shape index (κ2) is 7.60. The molecule has 0 saturated carbocycles. The van der Waals surface area contributed by atoms with Crippen LogP contribution in [-0.4, -0.2) is 37.0 Å². The molecule has 0 aliphatic carbocycles. The second-order valence-electron chi connectivity index (χ2n) is 5.55. The first-order valence-electron chi connectivity index (χ1n) is 7.00. The number of hydrogen-bond donors (Lipinski definition) is 1. The minimum atomic E-state index is -3.50. The summed E-state index contributed by atoms with van der Waals surface area (Å²) in [6.45, 7) is 8.03. The third-order valence-corrected chi connectivity index (χ3v) is 4.95. The van der Waals surface area contributed by atoms with Crippen LogP contribution in [0, 0.1) is 17.8 Å². The number of hydrogen-bond acceptors (Lipinski definition) is 3. The van der Waals surface area contributed by atoms with E-state index >= 15 is 0 Å². The Morgan fingerprint density at radius 1 is 1.14 bits per heavy atom. The lowest BCUT2D eigenvalue weighted by atomic mass is 10.2. The zero-order chi connectivity index (χ0) is 16.0. The van der Waals surface area contributed by atoms with Gasteiger partial charge in [-0.1, -0.05) is 25.7 Å². The van der Waals surface area contributed by atoms with Crippen LogP contribution in [0.15, 0.2) is 29.2 Å².